The van der Waals surface area contributed by atoms with E-state index in [1.54, 1.807) is 13.4 Å². The number of rotatable bonds is 4. The van der Waals surface area contributed by atoms with Crippen LogP contribution in [0, 0.1) is 0 Å². The lowest BCUT2D eigenvalue weighted by Crippen LogP contribution is -2.12. The van der Waals surface area contributed by atoms with Crippen LogP contribution in [0.15, 0.2) is 17.3 Å². The van der Waals surface area contributed by atoms with Gasteiger partial charge in [-0.3, -0.25) is 0 Å². The van der Waals surface area contributed by atoms with E-state index in [9.17, 15) is 0 Å². The highest BCUT2D eigenvalue weighted by atomic mass is 15.3. The molecule has 0 fully saturated rings. The van der Waals surface area contributed by atoms with Crippen LogP contribution >= 0.6 is 0 Å². The van der Waals surface area contributed by atoms with Gasteiger partial charge in [-0.15, -0.1) is 0 Å². The largest absolute Gasteiger partial charge is 0.371 e. The number of nitrogens with zero attached hydrogens (tertiary/aromatic N) is 1. The first-order valence-electron chi connectivity index (χ1n) is 2.94. The number of allylic oxidation sites excluding steroid dienone is 1. The van der Waals surface area contributed by atoms with Crippen molar-refractivity contribution in [2.75, 3.05) is 13.6 Å². The molecule has 0 unspecified atom stereocenters. The molecule has 0 atom stereocenters. The van der Waals surface area contributed by atoms with Crippen LogP contribution in [0.1, 0.15) is 6.92 Å². The molecule has 0 aliphatic carbocycles. The highest BCUT2D eigenvalue weighted by molar-refractivity contribution is 5.53. The van der Waals surface area contributed by atoms with E-state index >= 15 is 0 Å². The monoisotopic (exact) mass is 127 g/mol. The highest BCUT2D eigenvalue weighted by Gasteiger charge is 1.67. The third kappa shape index (κ3) is 7.01. The first kappa shape index (κ1) is 8.01. The lowest BCUT2D eigenvalue weighted by Gasteiger charge is -1.90. The van der Waals surface area contributed by atoms with Crippen molar-refractivity contribution in [2.24, 2.45) is 5.10 Å². The summed E-state index contributed by atoms with van der Waals surface area (Å²) in [6.45, 7) is 2.82. The summed E-state index contributed by atoms with van der Waals surface area (Å²) in [5.41, 5.74) is 2.63. The second kappa shape index (κ2) is 7.01. The normalized spacial score (nSPS) is 10.9. The SMILES string of the molecule is C/C=C\CN/C=N\NC. The van der Waals surface area contributed by atoms with Crippen LogP contribution in [0.4, 0.5) is 0 Å². The minimum atomic E-state index is 0.835. The number of hydrazone groups is 1. The first-order valence-corrected chi connectivity index (χ1v) is 2.94. The van der Waals surface area contributed by atoms with Crippen LogP contribution in [0.3, 0.4) is 0 Å². The molecule has 0 bridgehead atoms. The van der Waals surface area contributed by atoms with E-state index in [2.05, 4.69) is 15.8 Å². The third-order valence-electron chi connectivity index (χ3n) is 0.756. The minimum Gasteiger partial charge on any atom is -0.371 e. The lowest BCUT2D eigenvalue weighted by atomic mass is 10.5. The molecule has 0 spiro atoms. The molecule has 0 aromatic heterocycles. The van der Waals surface area contributed by atoms with Gasteiger partial charge in [-0.2, -0.15) is 5.10 Å². The van der Waals surface area contributed by atoms with Crippen LogP contribution < -0.4 is 10.7 Å². The molecule has 0 aromatic carbocycles. The molecule has 0 saturated heterocycles. The maximum absolute atomic E-state index is 3.72. The van der Waals surface area contributed by atoms with Gasteiger partial charge in [-0.05, 0) is 6.92 Å². The molecule has 0 radical (unpaired) electrons. The average molecular weight is 127 g/mol. The third-order valence-corrected chi connectivity index (χ3v) is 0.756. The summed E-state index contributed by atoms with van der Waals surface area (Å²) < 4.78 is 0. The predicted molar refractivity (Wildman–Crippen MR) is 40.4 cm³/mol. The molecule has 0 amide bonds. The summed E-state index contributed by atoms with van der Waals surface area (Å²) in [7, 11) is 1.76. The van der Waals surface area contributed by atoms with Gasteiger partial charge < -0.3 is 10.7 Å². The fraction of sp³-hybridized carbons (Fsp3) is 0.500. The zero-order chi connectivity index (χ0) is 6.95. The Morgan fingerprint density at radius 1 is 1.56 bits per heavy atom. The second-order valence-corrected chi connectivity index (χ2v) is 1.46. The lowest BCUT2D eigenvalue weighted by molar-refractivity contribution is 0.888. The molecular weight excluding hydrogens is 114 g/mol. The molecule has 3 nitrogen and oxygen atoms in total. The van der Waals surface area contributed by atoms with Crippen LogP contribution in [-0.4, -0.2) is 19.9 Å². The molecule has 0 aromatic rings. The van der Waals surface area contributed by atoms with Gasteiger partial charge in [0.2, 0.25) is 0 Å². The summed E-state index contributed by atoms with van der Waals surface area (Å²) in [5.74, 6) is 0. The standard InChI is InChI=1S/C6H13N3/c1-3-4-5-8-6-9-7-2/h3-4,6-7H,5H2,1-2H3,(H,8,9)/b4-3-. The molecule has 0 heterocycles. The Kier molecular flexibility index (Phi) is 6.24. The summed E-state index contributed by atoms with van der Waals surface area (Å²) in [6.07, 6.45) is 5.63. The molecule has 3 heteroatoms. The van der Waals surface area contributed by atoms with Gasteiger partial charge in [0.1, 0.15) is 6.34 Å². The van der Waals surface area contributed by atoms with Crippen molar-refractivity contribution >= 4 is 6.34 Å². The van der Waals surface area contributed by atoms with E-state index in [0.29, 0.717) is 0 Å². The maximum Gasteiger partial charge on any atom is 0.108 e. The van der Waals surface area contributed by atoms with Crippen LogP contribution in [0.25, 0.3) is 0 Å². The molecule has 9 heavy (non-hydrogen) atoms. The molecule has 2 N–H and O–H groups in total. The van der Waals surface area contributed by atoms with E-state index in [4.69, 9.17) is 0 Å². The van der Waals surface area contributed by atoms with Gasteiger partial charge in [-0.25, -0.2) is 0 Å². The van der Waals surface area contributed by atoms with Crippen molar-refractivity contribution in [3.8, 4) is 0 Å². The quantitative estimate of drug-likeness (QED) is 0.187. The Morgan fingerprint density at radius 2 is 2.33 bits per heavy atom. The Labute approximate surface area is 55.8 Å². The molecule has 0 rings (SSSR count). The van der Waals surface area contributed by atoms with Crippen LogP contribution in [0.5, 0.6) is 0 Å². The number of hydrogen-bond acceptors (Lipinski definition) is 2. The van der Waals surface area contributed by atoms with Crippen molar-refractivity contribution in [1.82, 2.24) is 10.7 Å². The average Bonchev–Trinajstić information content (AvgIpc) is 1.89. The Bertz CT molecular complexity index is 96.5. The van der Waals surface area contributed by atoms with Crippen LogP contribution in [0.2, 0.25) is 0 Å². The van der Waals surface area contributed by atoms with E-state index in [-0.39, 0.29) is 0 Å². The van der Waals surface area contributed by atoms with Gasteiger partial charge >= 0.3 is 0 Å². The van der Waals surface area contributed by atoms with E-state index in [0.717, 1.165) is 6.54 Å². The zero-order valence-electron chi connectivity index (χ0n) is 5.89. The van der Waals surface area contributed by atoms with Gasteiger partial charge in [-0.1, -0.05) is 12.2 Å². The first-order chi connectivity index (χ1) is 4.41. The fourth-order valence-corrected chi connectivity index (χ4v) is 0.349. The molecule has 0 saturated carbocycles. The predicted octanol–water partition coefficient (Wildman–Crippen LogP) is 0.315. The van der Waals surface area contributed by atoms with Gasteiger partial charge in [0, 0.05) is 13.6 Å². The van der Waals surface area contributed by atoms with E-state index in [1.165, 1.54) is 0 Å². The van der Waals surface area contributed by atoms with E-state index < -0.39 is 0 Å². The number of nitrogens with one attached hydrogen (secondary N) is 2. The summed E-state index contributed by atoms with van der Waals surface area (Å²) in [5, 5.41) is 6.67. The van der Waals surface area contributed by atoms with Crippen LogP contribution in [-0.2, 0) is 0 Å². The van der Waals surface area contributed by atoms with Crippen molar-refractivity contribution in [3.05, 3.63) is 12.2 Å². The van der Waals surface area contributed by atoms with Gasteiger partial charge in [0.15, 0.2) is 0 Å². The fourth-order valence-electron chi connectivity index (χ4n) is 0.349. The summed E-state index contributed by atoms with van der Waals surface area (Å²) in [4.78, 5) is 0. The number of hydrogen-bond donors (Lipinski definition) is 2. The topological polar surface area (TPSA) is 36.4 Å². The van der Waals surface area contributed by atoms with Crippen molar-refractivity contribution in [2.45, 2.75) is 6.92 Å². The smallest absolute Gasteiger partial charge is 0.108 e. The van der Waals surface area contributed by atoms with Gasteiger partial charge in [0.25, 0.3) is 0 Å². The highest BCUT2D eigenvalue weighted by Crippen LogP contribution is 1.63. The van der Waals surface area contributed by atoms with Crippen molar-refractivity contribution in [1.29, 1.82) is 0 Å². The van der Waals surface area contributed by atoms with Crippen molar-refractivity contribution in [3.63, 3.8) is 0 Å². The Morgan fingerprint density at radius 3 is 2.89 bits per heavy atom. The Balaban J connectivity index is 2.99. The van der Waals surface area contributed by atoms with Gasteiger partial charge in [0.05, 0.1) is 0 Å². The molecule has 0 aliphatic rings. The minimum absolute atomic E-state index is 0.835. The zero-order valence-corrected chi connectivity index (χ0v) is 5.89. The maximum atomic E-state index is 3.72. The summed E-state index contributed by atoms with van der Waals surface area (Å²) >= 11 is 0. The van der Waals surface area contributed by atoms with E-state index in [1.807, 2.05) is 19.1 Å². The Hall–Kier alpha value is -0.990. The molecule has 0 aliphatic heterocycles. The second-order valence-electron chi connectivity index (χ2n) is 1.46. The molecule has 52 valence electrons. The van der Waals surface area contributed by atoms with Crippen molar-refractivity contribution < 1.29 is 0 Å². The summed E-state index contributed by atoms with van der Waals surface area (Å²) in [6, 6.07) is 0. The molecular formula is C6H13N3.